The van der Waals surface area contributed by atoms with Gasteiger partial charge in [-0.3, -0.25) is 4.79 Å². The van der Waals surface area contributed by atoms with E-state index in [0.717, 1.165) is 12.8 Å². The Labute approximate surface area is 105 Å². The van der Waals surface area contributed by atoms with Crippen LogP contribution < -0.4 is 15.8 Å². The number of hydrogen-bond donors (Lipinski definition) is 2. The molecule has 0 heterocycles. The lowest BCUT2D eigenvalue weighted by Gasteiger charge is -2.12. The van der Waals surface area contributed by atoms with Gasteiger partial charge in [0.05, 0.1) is 12.8 Å². The van der Waals surface area contributed by atoms with Gasteiger partial charge in [-0.15, -0.1) is 0 Å². The van der Waals surface area contributed by atoms with Crippen LogP contribution in [0.15, 0.2) is 18.2 Å². The molecule has 3 N–H and O–H groups in total. The molecule has 0 radical (unpaired) electrons. The summed E-state index contributed by atoms with van der Waals surface area (Å²) >= 11 is 0. The summed E-state index contributed by atoms with van der Waals surface area (Å²) in [5.74, 6) is 0.216. The molecule has 0 aromatic heterocycles. The van der Waals surface area contributed by atoms with E-state index in [1.807, 2.05) is 0 Å². The van der Waals surface area contributed by atoms with Crippen LogP contribution in [-0.2, 0) is 4.79 Å². The zero-order valence-electron chi connectivity index (χ0n) is 10.3. The monoisotopic (exact) mass is 252 g/mol. The normalized spacial score (nSPS) is 16.2. The summed E-state index contributed by atoms with van der Waals surface area (Å²) in [4.78, 5) is 11.8. The molecule has 1 atom stereocenters. The van der Waals surface area contributed by atoms with Gasteiger partial charge in [0.1, 0.15) is 11.6 Å². The quantitative estimate of drug-likeness (QED) is 0.841. The number of anilines is 1. The van der Waals surface area contributed by atoms with Crippen molar-refractivity contribution in [2.75, 3.05) is 12.4 Å². The van der Waals surface area contributed by atoms with E-state index in [2.05, 4.69) is 5.32 Å². The fourth-order valence-electron chi connectivity index (χ4n) is 1.87. The first-order chi connectivity index (χ1) is 8.60. The average molecular weight is 252 g/mol. The zero-order valence-corrected chi connectivity index (χ0v) is 10.3. The van der Waals surface area contributed by atoms with Crippen LogP contribution in [0.25, 0.3) is 0 Å². The van der Waals surface area contributed by atoms with Crippen LogP contribution in [0.3, 0.4) is 0 Å². The van der Waals surface area contributed by atoms with Crippen LogP contribution in [0.4, 0.5) is 10.1 Å². The van der Waals surface area contributed by atoms with Crippen LogP contribution in [-0.4, -0.2) is 19.1 Å². The number of carbonyl (C=O) groups excluding carboxylic acids is 1. The van der Waals surface area contributed by atoms with Gasteiger partial charge in [-0.1, -0.05) is 0 Å². The number of halogens is 1. The fourth-order valence-corrected chi connectivity index (χ4v) is 1.87. The minimum atomic E-state index is -0.403. The van der Waals surface area contributed by atoms with E-state index in [0.29, 0.717) is 17.4 Å². The summed E-state index contributed by atoms with van der Waals surface area (Å²) in [6.07, 6.45) is 2.49. The van der Waals surface area contributed by atoms with E-state index >= 15 is 0 Å². The molecule has 1 aliphatic rings. The highest BCUT2D eigenvalue weighted by atomic mass is 19.1. The molecule has 1 amide bonds. The van der Waals surface area contributed by atoms with Crippen LogP contribution in [0.2, 0.25) is 0 Å². The van der Waals surface area contributed by atoms with Crippen molar-refractivity contribution in [1.29, 1.82) is 0 Å². The van der Waals surface area contributed by atoms with Gasteiger partial charge in [0.2, 0.25) is 5.91 Å². The molecule has 0 aliphatic heterocycles. The minimum Gasteiger partial charge on any atom is -0.494 e. The Bertz CT molecular complexity index is 447. The van der Waals surface area contributed by atoms with E-state index in [4.69, 9.17) is 10.5 Å². The Morgan fingerprint density at radius 3 is 2.94 bits per heavy atom. The van der Waals surface area contributed by atoms with Gasteiger partial charge in [-0.05, 0) is 30.9 Å². The van der Waals surface area contributed by atoms with Crippen LogP contribution in [0.1, 0.15) is 19.3 Å². The molecule has 1 unspecified atom stereocenters. The summed E-state index contributed by atoms with van der Waals surface area (Å²) in [5.41, 5.74) is 6.34. The van der Waals surface area contributed by atoms with E-state index in [9.17, 15) is 9.18 Å². The SMILES string of the molecule is COc1cc(F)ccc1NC(=O)CC(N)C1CC1. The molecule has 1 aliphatic carbocycles. The highest BCUT2D eigenvalue weighted by Crippen LogP contribution is 2.33. The maximum absolute atomic E-state index is 13.0. The Balaban J connectivity index is 1.97. The summed E-state index contributed by atoms with van der Waals surface area (Å²) in [7, 11) is 1.43. The molecule has 1 aromatic rings. The molecule has 0 saturated heterocycles. The second kappa shape index (κ2) is 5.35. The number of methoxy groups -OCH3 is 1. The minimum absolute atomic E-state index is 0.0866. The highest BCUT2D eigenvalue weighted by Gasteiger charge is 2.29. The van der Waals surface area contributed by atoms with Crippen molar-refractivity contribution in [3.63, 3.8) is 0 Å². The fraction of sp³-hybridized carbons (Fsp3) is 0.462. The van der Waals surface area contributed by atoms with Crippen molar-refractivity contribution in [1.82, 2.24) is 0 Å². The van der Waals surface area contributed by atoms with Crippen molar-refractivity contribution in [3.8, 4) is 5.75 Å². The van der Waals surface area contributed by atoms with Crippen molar-refractivity contribution >= 4 is 11.6 Å². The topological polar surface area (TPSA) is 64.3 Å². The lowest BCUT2D eigenvalue weighted by Crippen LogP contribution is -2.28. The summed E-state index contributed by atoms with van der Waals surface area (Å²) < 4.78 is 18.0. The van der Waals surface area contributed by atoms with E-state index in [-0.39, 0.29) is 18.4 Å². The van der Waals surface area contributed by atoms with E-state index < -0.39 is 5.82 Å². The Morgan fingerprint density at radius 1 is 1.61 bits per heavy atom. The van der Waals surface area contributed by atoms with Crippen LogP contribution in [0, 0.1) is 11.7 Å². The van der Waals surface area contributed by atoms with Crippen molar-refractivity contribution in [2.24, 2.45) is 11.7 Å². The lowest BCUT2D eigenvalue weighted by molar-refractivity contribution is -0.116. The Morgan fingerprint density at radius 2 is 2.33 bits per heavy atom. The molecule has 1 fully saturated rings. The third-order valence-electron chi connectivity index (χ3n) is 3.09. The molecule has 4 nitrogen and oxygen atoms in total. The van der Waals surface area contributed by atoms with Gasteiger partial charge in [-0.2, -0.15) is 0 Å². The molecule has 1 aromatic carbocycles. The number of ether oxygens (including phenoxy) is 1. The first-order valence-corrected chi connectivity index (χ1v) is 5.99. The molecule has 1 saturated carbocycles. The average Bonchev–Trinajstić information content (AvgIpc) is 3.15. The number of nitrogens with two attached hydrogens (primary N) is 1. The molecule has 0 spiro atoms. The number of carbonyl (C=O) groups is 1. The standard InChI is InChI=1S/C13H17FN2O2/c1-18-12-6-9(14)4-5-11(12)16-13(17)7-10(15)8-2-3-8/h4-6,8,10H,2-3,7,15H2,1H3,(H,16,17). The maximum Gasteiger partial charge on any atom is 0.226 e. The Kier molecular flexibility index (Phi) is 3.81. The highest BCUT2D eigenvalue weighted by molar-refractivity contribution is 5.92. The zero-order chi connectivity index (χ0) is 13.1. The Hall–Kier alpha value is -1.62. The lowest BCUT2D eigenvalue weighted by atomic mass is 10.1. The van der Waals surface area contributed by atoms with E-state index in [1.165, 1.54) is 25.3 Å². The molecular formula is C13H17FN2O2. The van der Waals surface area contributed by atoms with Crippen molar-refractivity contribution in [3.05, 3.63) is 24.0 Å². The maximum atomic E-state index is 13.0. The second-order valence-electron chi connectivity index (χ2n) is 4.60. The smallest absolute Gasteiger partial charge is 0.226 e. The van der Waals surface area contributed by atoms with Crippen LogP contribution >= 0.6 is 0 Å². The number of hydrogen-bond acceptors (Lipinski definition) is 3. The van der Waals surface area contributed by atoms with Crippen molar-refractivity contribution in [2.45, 2.75) is 25.3 Å². The van der Waals surface area contributed by atoms with Gasteiger partial charge < -0.3 is 15.8 Å². The summed E-state index contributed by atoms with van der Waals surface area (Å²) in [5, 5.41) is 2.69. The predicted molar refractivity (Wildman–Crippen MR) is 66.9 cm³/mol. The number of rotatable bonds is 5. The third kappa shape index (κ3) is 3.20. The molecule has 2 rings (SSSR count). The molecule has 18 heavy (non-hydrogen) atoms. The third-order valence-corrected chi connectivity index (χ3v) is 3.09. The van der Waals surface area contributed by atoms with Gasteiger partial charge in [0, 0.05) is 18.5 Å². The first-order valence-electron chi connectivity index (χ1n) is 5.99. The number of nitrogens with one attached hydrogen (secondary N) is 1. The first kappa shape index (κ1) is 12.8. The van der Waals surface area contributed by atoms with Crippen LogP contribution in [0.5, 0.6) is 5.75 Å². The van der Waals surface area contributed by atoms with Gasteiger partial charge >= 0.3 is 0 Å². The largest absolute Gasteiger partial charge is 0.494 e. The van der Waals surface area contributed by atoms with Crippen molar-refractivity contribution < 1.29 is 13.9 Å². The molecule has 5 heteroatoms. The molecule has 98 valence electrons. The van der Waals surface area contributed by atoms with E-state index in [1.54, 1.807) is 0 Å². The number of benzene rings is 1. The molecule has 0 bridgehead atoms. The second-order valence-corrected chi connectivity index (χ2v) is 4.60. The van der Waals surface area contributed by atoms with Gasteiger partial charge in [-0.25, -0.2) is 4.39 Å². The van der Waals surface area contributed by atoms with Gasteiger partial charge in [0.15, 0.2) is 0 Å². The van der Waals surface area contributed by atoms with Gasteiger partial charge in [0.25, 0.3) is 0 Å². The summed E-state index contributed by atoms with van der Waals surface area (Å²) in [6, 6.07) is 3.90. The number of amides is 1. The molecular weight excluding hydrogens is 235 g/mol. The predicted octanol–water partition coefficient (Wildman–Crippen LogP) is 1.90. The summed E-state index contributed by atoms with van der Waals surface area (Å²) in [6.45, 7) is 0.